The number of aromatic hydroxyl groups is 2. The third-order valence-electron chi connectivity index (χ3n) is 2.69. The Balaban J connectivity index is 0.00000220. The maximum absolute atomic E-state index is 9.54. The molecule has 1 radical (unpaired) electrons. The van der Waals surface area contributed by atoms with Crippen LogP contribution < -0.4 is 0 Å². The summed E-state index contributed by atoms with van der Waals surface area (Å²) < 4.78 is 0. The largest absolute Gasteiger partial charge is 2.00 e. The van der Waals surface area contributed by atoms with Crippen molar-refractivity contribution in [2.75, 3.05) is 13.1 Å². The van der Waals surface area contributed by atoms with Crippen LogP contribution in [0.15, 0.2) is 58.5 Å². The molecule has 0 aliphatic rings. The van der Waals surface area contributed by atoms with Crippen LogP contribution in [0.4, 0.5) is 0 Å². The standard InChI is InChI=1S/C16H16N2O2.Co/c19-15-7-3-1-5-13(15)11-17-9-10-18-12-14-6-2-4-8-16(14)20;/h1-8,11-12,19-20H,9-10H2;/q;+2. The van der Waals surface area contributed by atoms with Gasteiger partial charge in [-0.2, -0.15) is 0 Å². The monoisotopic (exact) mass is 327 g/mol. The molecule has 0 aliphatic heterocycles. The van der Waals surface area contributed by atoms with Crippen LogP contribution in [-0.4, -0.2) is 35.7 Å². The van der Waals surface area contributed by atoms with Crippen LogP contribution in [0.3, 0.4) is 0 Å². The molecule has 2 N–H and O–H groups in total. The molecule has 5 heteroatoms. The van der Waals surface area contributed by atoms with Gasteiger partial charge in [0.2, 0.25) is 0 Å². The molecule has 109 valence electrons. The molecule has 0 heterocycles. The summed E-state index contributed by atoms with van der Waals surface area (Å²) in [7, 11) is 0. The van der Waals surface area contributed by atoms with Gasteiger partial charge in [-0.05, 0) is 24.3 Å². The van der Waals surface area contributed by atoms with Crippen LogP contribution in [0, 0.1) is 0 Å². The molecule has 0 saturated heterocycles. The van der Waals surface area contributed by atoms with E-state index in [9.17, 15) is 10.2 Å². The SMILES string of the molecule is Oc1ccccc1C=NCCN=Cc1ccccc1O.[Co+2]. The summed E-state index contributed by atoms with van der Waals surface area (Å²) in [5, 5.41) is 19.1. The van der Waals surface area contributed by atoms with Crippen LogP contribution in [0.25, 0.3) is 0 Å². The summed E-state index contributed by atoms with van der Waals surface area (Å²) >= 11 is 0. The minimum Gasteiger partial charge on any atom is -0.507 e. The Kier molecular flexibility index (Phi) is 7.21. The van der Waals surface area contributed by atoms with E-state index < -0.39 is 0 Å². The number of para-hydroxylation sites is 2. The van der Waals surface area contributed by atoms with Crippen LogP contribution in [-0.2, 0) is 16.8 Å². The van der Waals surface area contributed by atoms with E-state index in [1.165, 1.54) is 0 Å². The number of aliphatic imine (C=N–C) groups is 2. The minimum atomic E-state index is 0. The van der Waals surface area contributed by atoms with Gasteiger partial charge >= 0.3 is 16.8 Å². The molecule has 0 spiro atoms. The zero-order valence-electron chi connectivity index (χ0n) is 11.3. The maximum atomic E-state index is 9.54. The molecule has 2 aromatic rings. The first-order valence-electron chi connectivity index (χ1n) is 6.33. The molecule has 0 bridgehead atoms. The van der Waals surface area contributed by atoms with Crippen molar-refractivity contribution in [2.45, 2.75) is 0 Å². The Morgan fingerprint density at radius 2 is 1.10 bits per heavy atom. The summed E-state index contributed by atoms with van der Waals surface area (Å²) in [6.07, 6.45) is 3.26. The first-order valence-corrected chi connectivity index (χ1v) is 6.33. The van der Waals surface area contributed by atoms with Crippen molar-refractivity contribution in [3.63, 3.8) is 0 Å². The minimum absolute atomic E-state index is 0. The van der Waals surface area contributed by atoms with Gasteiger partial charge in [-0.1, -0.05) is 24.3 Å². The van der Waals surface area contributed by atoms with E-state index in [0.717, 1.165) is 0 Å². The van der Waals surface area contributed by atoms with Gasteiger partial charge in [0.05, 0.1) is 13.1 Å². The maximum Gasteiger partial charge on any atom is 2.00 e. The molecule has 0 aromatic heterocycles. The van der Waals surface area contributed by atoms with E-state index in [2.05, 4.69) is 9.98 Å². The Bertz CT molecular complexity index is 572. The van der Waals surface area contributed by atoms with E-state index in [1.54, 1.807) is 48.8 Å². The van der Waals surface area contributed by atoms with E-state index in [-0.39, 0.29) is 28.3 Å². The number of benzene rings is 2. The van der Waals surface area contributed by atoms with E-state index in [0.29, 0.717) is 24.2 Å². The van der Waals surface area contributed by atoms with Gasteiger partial charge in [0.1, 0.15) is 11.5 Å². The predicted octanol–water partition coefficient (Wildman–Crippen LogP) is 2.63. The Labute approximate surface area is 134 Å². The molecule has 0 saturated carbocycles. The number of phenolic OH excluding ortho intramolecular Hbond substituents is 2. The van der Waals surface area contributed by atoms with Crippen molar-refractivity contribution >= 4 is 12.4 Å². The molecule has 2 rings (SSSR count). The molecule has 0 atom stereocenters. The topological polar surface area (TPSA) is 65.2 Å². The number of phenols is 2. The van der Waals surface area contributed by atoms with Crippen molar-refractivity contribution in [3.8, 4) is 11.5 Å². The fourth-order valence-electron chi connectivity index (χ4n) is 1.63. The van der Waals surface area contributed by atoms with Gasteiger partial charge in [-0.25, -0.2) is 0 Å². The molecule has 0 fully saturated rings. The zero-order chi connectivity index (χ0) is 14.2. The summed E-state index contributed by atoms with van der Waals surface area (Å²) in [6.45, 7) is 1.05. The third-order valence-corrected chi connectivity index (χ3v) is 2.69. The van der Waals surface area contributed by atoms with Crippen molar-refractivity contribution in [2.24, 2.45) is 9.98 Å². The summed E-state index contributed by atoms with van der Waals surface area (Å²) in [4.78, 5) is 8.39. The van der Waals surface area contributed by atoms with Gasteiger partial charge in [-0.3, -0.25) is 9.98 Å². The van der Waals surface area contributed by atoms with Crippen LogP contribution in [0.2, 0.25) is 0 Å². The van der Waals surface area contributed by atoms with E-state index in [1.807, 2.05) is 12.1 Å². The Morgan fingerprint density at radius 1 is 0.714 bits per heavy atom. The zero-order valence-corrected chi connectivity index (χ0v) is 12.4. The summed E-state index contributed by atoms with van der Waals surface area (Å²) in [5.74, 6) is 0.433. The first-order chi connectivity index (χ1) is 9.77. The molecule has 0 unspecified atom stereocenters. The van der Waals surface area contributed by atoms with Crippen LogP contribution >= 0.6 is 0 Å². The molecule has 0 aliphatic carbocycles. The van der Waals surface area contributed by atoms with Crippen molar-refractivity contribution in [3.05, 3.63) is 59.7 Å². The fraction of sp³-hybridized carbons (Fsp3) is 0.125. The van der Waals surface area contributed by atoms with Crippen molar-refractivity contribution < 1.29 is 27.0 Å². The second kappa shape index (κ2) is 8.94. The van der Waals surface area contributed by atoms with E-state index >= 15 is 0 Å². The summed E-state index contributed by atoms with van der Waals surface area (Å²) in [5.41, 5.74) is 1.38. The van der Waals surface area contributed by atoms with E-state index in [4.69, 9.17) is 0 Å². The van der Waals surface area contributed by atoms with Crippen molar-refractivity contribution in [1.29, 1.82) is 0 Å². The molecular formula is C16H16CoN2O2+2. The molecule has 2 aromatic carbocycles. The first kappa shape index (κ1) is 16.9. The van der Waals surface area contributed by atoms with Gasteiger partial charge in [0.15, 0.2) is 0 Å². The number of nitrogens with zero attached hydrogens (tertiary/aromatic N) is 2. The van der Waals surface area contributed by atoms with Gasteiger partial charge < -0.3 is 10.2 Å². The van der Waals surface area contributed by atoms with Gasteiger partial charge in [0.25, 0.3) is 0 Å². The summed E-state index contributed by atoms with van der Waals surface area (Å²) in [6, 6.07) is 14.1. The van der Waals surface area contributed by atoms with Gasteiger partial charge in [0, 0.05) is 23.6 Å². The van der Waals surface area contributed by atoms with Crippen LogP contribution in [0.5, 0.6) is 11.5 Å². The number of hydrogen-bond acceptors (Lipinski definition) is 4. The van der Waals surface area contributed by atoms with Gasteiger partial charge in [-0.15, -0.1) is 0 Å². The molecule has 4 nitrogen and oxygen atoms in total. The smallest absolute Gasteiger partial charge is 0.507 e. The molecule has 21 heavy (non-hydrogen) atoms. The molecule has 0 amide bonds. The fourth-order valence-corrected chi connectivity index (χ4v) is 1.63. The third kappa shape index (κ3) is 5.41. The quantitative estimate of drug-likeness (QED) is 0.655. The second-order valence-corrected chi connectivity index (χ2v) is 4.19. The average molecular weight is 327 g/mol. The Hall–Kier alpha value is -2.11. The second-order valence-electron chi connectivity index (χ2n) is 4.19. The normalized spacial score (nSPS) is 10.9. The number of hydrogen-bond donors (Lipinski definition) is 2. The van der Waals surface area contributed by atoms with Crippen molar-refractivity contribution in [1.82, 2.24) is 0 Å². The van der Waals surface area contributed by atoms with Crippen LogP contribution in [0.1, 0.15) is 11.1 Å². The Morgan fingerprint density at radius 3 is 1.48 bits per heavy atom. The molecular weight excluding hydrogens is 311 g/mol. The number of rotatable bonds is 5. The average Bonchev–Trinajstić information content (AvgIpc) is 2.46. The predicted molar refractivity (Wildman–Crippen MR) is 81.1 cm³/mol.